The van der Waals surface area contributed by atoms with Crippen molar-refractivity contribution in [2.75, 3.05) is 36.7 Å². The lowest BCUT2D eigenvalue weighted by molar-refractivity contribution is 0.730. The van der Waals surface area contributed by atoms with Gasteiger partial charge < -0.3 is 15.5 Å². The number of nitrogens with one attached hydrogen (secondary N) is 2. The van der Waals surface area contributed by atoms with Crippen molar-refractivity contribution in [3.05, 3.63) is 17.0 Å². The Morgan fingerprint density at radius 2 is 1.76 bits per heavy atom. The summed E-state index contributed by atoms with van der Waals surface area (Å²) in [5.74, 6) is 1.69. The molecule has 0 unspecified atom stereocenters. The first-order chi connectivity index (χ1) is 9.92. The molecule has 0 aliphatic heterocycles. The minimum Gasteiger partial charge on any atom is -0.357 e. The van der Waals surface area contributed by atoms with Gasteiger partial charge in [0.15, 0.2) is 0 Å². The maximum atomic E-state index is 4.41. The molecule has 0 amide bonds. The monoisotopic (exact) mass is 290 g/mol. The SMILES string of the molecule is CNc1nc(NCc2c(C)nn(C)c2C)nc(N(C)C)n1. The predicted molar refractivity (Wildman–Crippen MR) is 83.7 cm³/mol. The Bertz CT molecular complexity index is 631. The summed E-state index contributed by atoms with van der Waals surface area (Å²) in [4.78, 5) is 14.8. The van der Waals surface area contributed by atoms with E-state index in [1.54, 1.807) is 7.05 Å². The molecule has 2 aromatic rings. The smallest absolute Gasteiger partial charge is 0.231 e. The maximum absolute atomic E-state index is 4.41. The van der Waals surface area contributed by atoms with Crippen molar-refractivity contribution in [1.82, 2.24) is 24.7 Å². The maximum Gasteiger partial charge on any atom is 0.231 e. The molecule has 8 nitrogen and oxygen atoms in total. The van der Waals surface area contributed by atoms with Crippen LogP contribution in [0.25, 0.3) is 0 Å². The topological polar surface area (TPSA) is 83.8 Å². The van der Waals surface area contributed by atoms with Crippen LogP contribution in [0.2, 0.25) is 0 Å². The molecule has 8 heteroatoms. The molecule has 0 radical (unpaired) electrons. The van der Waals surface area contributed by atoms with E-state index in [9.17, 15) is 0 Å². The number of rotatable bonds is 5. The van der Waals surface area contributed by atoms with Crippen molar-refractivity contribution in [3.63, 3.8) is 0 Å². The summed E-state index contributed by atoms with van der Waals surface area (Å²) in [5.41, 5.74) is 3.31. The van der Waals surface area contributed by atoms with Gasteiger partial charge in [-0.3, -0.25) is 4.68 Å². The summed E-state index contributed by atoms with van der Waals surface area (Å²) in [6, 6.07) is 0. The summed E-state index contributed by atoms with van der Waals surface area (Å²) in [6.07, 6.45) is 0. The fourth-order valence-electron chi connectivity index (χ4n) is 2.00. The molecule has 2 N–H and O–H groups in total. The molecular formula is C13H22N8. The van der Waals surface area contributed by atoms with Crippen LogP contribution in [0, 0.1) is 13.8 Å². The Hall–Kier alpha value is -2.38. The van der Waals surface area contributed by atoms with Crippen LogP contribution >= 0.6 is 0 Å². The third-order valence-corrected chi connectivity index (χ3v) is 3.33. The van der Waals surface area contributed by atoms with Crippen molar-refractivity contribution < 1.29 is 0 Å². The Balaban J connectivity index is 2.21. The molecule has 21 heavy (non-hydrogen) atoms. The summed E-state index contributed by atoms with van der Waals surface area (Å²) >= 11 is 0. The van der Waals surface area contributed by atoms with E-state index in [1.165, 1.54) is 0 Å². The van der Waals surface area contributed by atoms with Crippen molar-refractivity contribution >= 4 is 17.8 Å². The fraction of sp³-hybridized carbons (Fsp3) is 0.538. The molecule has 0 aliphatic rings. The van der Waals surface area contributed by atoms with E-state index in [0.29, 0.717) is 24.4 Å². The van der Waals surface area contributed by atoms with E-state index >= 15 is 0 Å². The van der Waals surface area contributed by atoms with Gasteiger partial charge in [0, 0.05) is 46.0 Å². The molecule has 0 fully saturated rings. The number of aryl methyl sites for hydroxylation is 2. The summed E-state index contributed by atoms with van der Waals surface area (Å²) < 4.78 is 1.88. The van der Waals surface area contributed by atoms with Crippen LogP contribution in [-0.4, -0.2) is 45.9 Å². The minimum absolute atomic E-state index is 0.538. The van der Waals surface area contributed by atoms with Crippen LogP contribution in [0.3, 0.4) is 0 Å². The largest absolute Gasteiger partial charge is 0.357 e. The van der Waals surface area contributed by atoms with E-state index in [-0.39, 0.29) is 0 Å². The second-order valence-electron chi connectivity index (χ2n) is 5.05. The van der Waals surface area contributed by atoms with E-state index in [2.05, 4.69) is 37.6 Å². The standard InChI is InChI=1S/C13H22N8/c1-8-10(9(2)21(6)19-8)7-15-12-16-11(14-3)17-13(18-12)20(4)5/h7H2,1-6H3,(H2,14,15,16,17,18). The zero-order valence-electron chi connectivity index (χ0n) is 13.4. The van der Waals surface area contributed by atoms with Gasteiger partial charge in [-0.15, -0.1) is 0 Å². The second kappa shape index (κ2) is 5.94. The second-order valence-corrected chi connectivity index (χ2v) is 5.05. The molecule has 0 aliphatic carbocycles. The van der Waals surface area contributed by atoms with Gasteiger partial charge in [-0.1, -0.05) is 0 Å². The first-order valence-electron chi connectivity index (χ1n) is 6.76. The highest BCUT2D eigenvalue weighted by Gasteiger charge is 2.11. The predicted octanol–water partition coefficient (Wildman–Crippen LogP) is 0.942. The van der Waals surface area contributed by atoms with Crippen molar-refractivity contribution in [1.29, 1.82) is 0 Å². The van der Waals surface area contributed by atoms with Gasteiger partial charge in [-0.2, -0.15) is 20.1 Å². The van der Waals surface area contributed by atoms with Gasteiger partial charge in [0.05, 0.1) is 5.69 Å². The Morgan fingerprint density at radius 3 is 2.29 bits per heavy atom. The first kappa shape index (κ1) is 15.0. The van der Waals surface area contributed by atoms with E-state index < -0.39 is 0 Å². The van der Waals surface area contributed by atoms with Crippen LogP contribution in [0.15, 0.2) is 0 Å². The Morgan fingerprint density at radius 1 is 1.10 bits per heavy atom. The normalized spacial score (nSPS) is 10.6. The molecule has 0 bridgehead atoms. The third-order valence-electron chi connectivity index (χ3n) is 3.33. The molecule has 2 heterocycles. The number of hydrogen-bond acceptors (Lipinski definition) is 7. The fourth-order valence-corrected chi connectivity index (χ4v) is 2.00. The van der Waals surface area contributed by atoms with Crippen molar-refractivity contribution in [2.45, 2.75) is 20.4 Å². The van der Waals surface area contributed by atoms with Gasteiger partial charge in [0.1, 0.15) is 0 Å². The number of nitrogens with zero attached hydrogens (tertiary/aromatic N) is 6. The van der Waals surface area contributed by atoms with Crippen LogP contribution < -0.4 is 15.5 Å². The highest BCUT2D eigenvalue weighted by molar-refractivity contribution is 5.43. The minimum atomic E-state index is 0.538. The zero-order valence-corrected chi connectivity index (χ0v) is 13.4. The molecule has 0 atom stereocenters. The summed E-state index contributed by atoms with van der Waals surface area (Å²) in [6.45, 7) is 4.68. The van der Waals surface area contributed by atoms with Gasteiger partial charge in [-0.25, -0.2) is 0 Å². The van der Waals surface area contributed by atoms with Crippen LogP contribution in [0.1, 0.15) is 17.0 Å². The number of aromatic nitrogens is 5. The highest BCUT2D eigenvalue weighted by atomic mass is 15.3. The van der Waals surface area contributed by atoms with Crippen LogP contribution in [-0.2, 0) is 13.6 Å². The first-order valence-corrected chi connectivity index (χ1v) is 6.76. The average Bonchev–Trinajstić information content (AvgIpc) is 2.69. The van der Waals surface area contributed by atoms with Gasteiger partial charge >= 0.3 is 0 Å². The van der Waals surface area contributed by atoms with E-state index in [0.717, 1.165) is 17.0 Å². The summed E-state index contributed by atoms with van der Waals surface area (Å²) in [5, 5.41) is 10.6. The van der Waals surface area contributed by atoms with Crippen molar-refractivity contribution in [2.24, 2.45) is 7.05 Å². The molecule has 2 aromatic heterocycles. The Kier molecular flexibility index (Phi) is 4.25. The number of hydrogen-bond donors (Lipinski definition) is 2. The molecule has 0 saturated carbocycles. The molecule has 114 valence electrons. The molecule has 0 saturated heterocycles. The lowest BCUT2D eigenvalue weighted by Gasteiger charge is -2.13. The molecule has 2 rings (SSSR count). The van der Waals surface area contributed by atoms with Crippen LogP contribution in [0.4, 0.5) is 17.8 Å². The average molecular weight is 290 g/mol. The highest BCUT2D eigenvalue weighted by Crippen LogP contribution is 2.15. The molecular weight excluding hydrogens is 268 g/mol. The van der Waals surface area contributed by atoms with E-state index in [4.69, 9.17) is 0 Å². The lowest BCUT2D eigenvalue weighted by atomic mass is 10.2. The third kappa shape index (κ3) is 3.21. The van der Waals surface area contributed by atoms with Gasteiger partial charge in [-0.05, 0) is 13.8 Å². The van der Waals surface area contributed by atoms with Gasteiger partial charge in [0.2, 0.25) is 17.8 Å². The van der Waals surface area contributed by atoms with Gasteiger partial charge in [0.25, 0.3) is 0 Å². The van der Waals surface area contributed by atoms with Crippen LogP contribution in [0.5, 0.6) is 0 Å². The zero-order chi connectivity index (χ0) is 15.6. The molecule has 0 aromatic carbocycles. The quantitative estimate of drug-likeness (QED) is 0.848. The summed E-state index contributed by atoms with van der Waals surface area (Å²) in [7, 11) is 7.52. The van der Waals surface area contributed by atoms with E-state index in [1.807, 2.05) is 37.6 Å². The Labute approximate surface area is 124 Å². The van der Waals surface area contributed by atoms with Crippen molar-refractivity contribution in [3.8, 4) is 0 Å². The number of anilines is 3. The lowest BCUT2D eigenvalue weighted by Crippen LogP contribution is -2.16. The molecule has 0 spiro atoms.